The van der Waals surface area contributed by atoms with E-state index in [-0.39, 0.29) is 5.75 Å². The number of nitrogens with zero attached hydrogens (tertiary/aromatic N) is 3. The summed E-state index contributed by atoms with van der Waals surface area (Å²) in [6.45, 7) is 7.05. The largest absolute Gasteiger partial charge is 0.464 e. The predicted molar refractivity (Wildman–Crippen MR) is 117 cm³/mol. The summed E-state index contributed by atoms with van der Waals surface area (Å²) in [5.41, 5.74) is 0.903. The van der Waals surface area contributed by atoms with Gasteiger partial charge in [-0.25, -0.2) is 13.4 Å². The van der Waals surface area contributed by atoms with Crippen molar-refractivity contribution in [3.8, 4) is 0 Å². The number of hydrogen-bond donors (Lipinski definition) is 0. The van der Waals surface area contributed by atoms with Crippen LogP contribution in [-0.4, -0.2) is 62.5 Å². The van der Waals surface area contributed by atoms with Crippen LogP contribution in [0.2, 0.25) is 0 Å². The molecule has 2 aromatic rings. The lowest BCUT2D eigenvalue weighted by atomic mass is 9.81. The Balaban J connectivity index is 1.20. The lowest BCUT2D eigenvalue weighted by molar-refractivity contribution is 0.208. The van der Waals surface area contributed by atoms with Crippen molar-refractivity contribution in [1.29, 1.82) is 0 Å². The van der Waals surface area contributed by atoms with Gasteiger partial charge >= 0.3 is 0 Å². The highest BCUT2D eigenvalue weighted by molar-refractivity contribution is 7.91. The molecule has 0 atom stereocenters. The minimum absolute atomic E-state index is 0.281. The Morgan fingerprint density at radius 1 is 1.07 bits per heavy atom. The molecule has 2 fully saturated rings. The Bertz CT molecular complexity index is 895. The highest BCUT2D eigenvalue weighted by atomic mass is 32.2. The van der Waals surface area contributed by atoms with Crippen LogP contribution in [0.5, 0.6) is 0 Å². The first-order chi connectivity index (χ1) is 14.0. The van der Waals surface area contributed by atoms with Gasteiger partial charge in [0.25, 0.3) is 0 Å². The SMILES string of the molecule is CCS(=O)(=O)CC1CCC(CCN2CCN(c3nccc4occc34)CC2)CC1. The molecule has 29 heavy (non-hydrogen) atoms. The molecule has 2 aliphatic rings. The maximum Gasteiger partial charge on any atom is 0.150 e. The van der Waals surface area contributed by atoms with Crippen molar-refractivity contribution in [2.75, 3.05) is 49.1 Å². The second-order valence-corrected chi connectivity index (χ2v) is 11.1. The van der Waals surface area contributed by atoms with Gasteiger partial charge < -0.3 is 9.32 Å². The average molecular weight is 420 g/mol. The maximum absolute atomic E-state index is 11.8. The van der Waals surface area contributed by atoms with E-state index in [0.717, 1.165) is 68.3 Å². The molecule has 4 rings (SSSR count). The summed E-state index contributed by atoms with van der Waals surface area (Å²) in [6.07, 6.45) is 9.35. The van der Waals surface area contributed by atoms with Crippen molar-refractivity contribution in [3.63, 3.8) is 0 Å². The second-order valence-electron chi connectivity index (χ2n) is 8.67. The van der Waals surface area contributed by atoms with E-state index in [9.17, 15) is 8.42 Å². The summed E-state index contributed by atoms with van der Waals surface area (Å²) in [6, 6.07) is 3.92. The molecule has 0 amide bonds. The zero-order valence-corrected chi connectivity index (χ0v) is 18.2. The van der Waals surface area contributed by atoms with Crippen LogP contribution in [0.1, 0.15) is 39.0 Å². The number of furan rings is 1. The molecule has 0 spiro atoms. The minimum atomic E-state index is -2.83. The quantitative estimate of drug-likeness (QED) is 0.683. The van der Waals surface area contributed by atoms with Gasteiger partial charge in [-0.15, -0.1) is 0 Å². The summed E-state index contributed by atoms with van der Waals surface area (Å²) in [5, 5.41) is 1.10. The highest BCUT2D eigenvalue weighted by Crippen LogP contribution is 2.32. The molecular weight excluding hydrogens is 386 g/mol. The normalized spacial score (nSPS) is 24.2. The van der Waals surface area contributed by atoms with Crippen molar-refractivity contribution in [2.45, 2.75) is 39.0 Å². The van der Waals surface area contributed by atoms with Crippen LogP contribution in [0.4, 0.5) is 5.82 Å². The molecule has 0 aromatic carbocycles. The van der Waals surface area contributed by atoms with E-state index in [1.165, 1.54) is 19.3 Å². The Labute approximate surface area is 174 Å². The molecule has 0 N–H and O–H groups in total. The summed E-state index contributed by atoms with van der Waals surface area (Å²) < 4.78 is 29.2. The topological polar surface area (TPSA) is 66.7 Å². The third kappa shape index (κ3) is 5.12. The number of anilines is 1. The number of aromatic nitrogens is 1. The average Bonchev–Trinajstić information content (AvgIpc) is 3.22. The summed E-state index contributed by atoms with van der Waals surface area (Å²) >= 11 is 0. The summed E-state index contributed by atoms with van der Waals surface area (Å²) in [5.74, 6) is 2.86. The minimum Gasteiger partial charge on any atom is -0.464 e. The zero-order valence-electron chi connectivity index (χ0n) is 17.4. The molecule has 2 aromatic heterocycles. The van der Waals surface area contributed by atoms with E-state index in [1.807, 2.05) is 18.3 Å². The van der Waals surface area contributed by atoms with Crippen LogP contribution < -0.4 is 4.90 Å². The maximum atomic E-state index is 11.8. The molecule has 160 valence electrons. The van der Waals surface area contributed by atoms with Crippen molar-refractivity contribution < 1.29 is 12.8 Å². The fraction of sp³-hybridized carbons (Fsp3) is 0.682. The number of piperazine rings is 1. The van der Waals surface area contributed by atoms with E-state index in [1.54, 1.807) is 13.2 Å². The molecule has 7 heteroatoms. The van der Waals surface area contributed by atoms with E-state index in [2.05, 4.69) is 14.8 Å². The van der Waals surface area contributed by atoms with Gasteiger partial charge in [-0.1, -0.05) is 19.8 Å². The molecule has 1 aliphatic carbocycles. The predicted octanol–water partition coefficient (Wildman–Crippen LogP) is 3.58. The van der Waals surface area contributed by atoms with Crippen LogP contribution in [0.3, 0.4) is 0 Å². The van der Waals surface area contributed by atoms with E-state index in [0.29, 0.717) is 11.7 Å². The highest BCUT2D eigenvalue weighted by Gasteiger charge is 2.26. The van der Waals surface area contributed by atoms with Crippen LogP contribution in [0.15, 0.2) is 29.0 Å². The molecule has 1 saturated carbocycles. The first kappa shape index (κ1) is 20.7. The van der Waals surface area contributed by atoms with Gasteiger partial charge in [0, 0.05) is 38.1 Å². The van der Waals surface area contributed by atoms with Crippen molar-refractivity contribution in [1.82, 2.24) is 9.88 Å². The lowest BCUT2D eigenvalue weighted by Crippen LogP contribution is -2.47. The van der Waals surface area contributed by atoms with E-state index < -0.39 is 9.84 Å². The van der Waals surface area contributed by atoms with Gasteiger partial charge in [-0.05, 0) is 49.8 Å². The monoisotopic (exact) mass is 419 g/mol. The van der Waals surface area contributed by atoms with Crippen LogP contribution in [-0.2, 0) is 9.84 Å². The van der Waals surface area contributed by atoms with E-state index in [4.69, 9.17) is 4.42 Å². The molecule has 6 nitrogen and oxygen atoms in total. The number of pyridine rings is 1. The fourth-order valence-corrected chi connectivity index (χ4v) is 6.13. The lowest BCUT2D eigenvalue weighted by Gasteiger charge is -2.36. The van der Waals surface area contributed by atoms with Crippen molar-refractivity contribution >= 4 is 26.6 Å². The summed E-state index contributed by atoms with van der Waals surface area (Å²) in [7, 11) is -2.83. The standard InChI is InChI=1S/C22H33N3O3S/c1-2-29(26,27)17-19-5-3-18(4-6-19)8-11-24-12-14-25(15-13-24)22-20-9-16-28-21(20)7-10-23-22/h7,9-10,16,18-19H,2-6,8,11-15,17H2,1H3. The molecule has 1 aliphatic heterocycles. The Kier molecular flexibility index (Phi) is 6.44. The second kappa shape index (κ2) is 9.04. The first-order valence-electron chi connectivity index (χ1n) is 11.0. The molecular formula is C22H33N3O3S. The number of sulfone groups is 1. The van der Waals surface area contributed by atoms with Gasteiger partial charge in [0.1, 0.15) is 21.2 Å². The third-order valence-corrected chi connectivity index (χ3v) is 8.64. The first-order valence-corrected chi connectivity index (χ1v) is 12.9. The molecule has 3 heterocycles. The van der Waals surface area contributed by atoms with Gasteiger partial charge in [0.2, 0.25) is 0 Å². The Morgan fingerprint density at radius 3 is 2.52 bits per heavy atom. The van der Waals surface area contributed by atoms with E-state index >= 15 is 0 Å². The number of fused-ring (bicyclic) bond motifs is 1. The summed E-state index contributed by atoms with van der Waals surface area (Å²) in [4.78, 5) is 9.53. The molecule has 0 bridgehead atoms. The van der Waals surface area contributed by atoms with Crippen molar-refractivity contribution in [2.24, 2.45) is 11.8 Å². The van der Waals surface area contributed by atoms with Crippen LogP contribution >= 0.6 is 0 Å². The van der Waals surface area contributed by atoms with Gasteiger partial charge in [-0.3, -0.25) is 4.90 Å². The number of hydrogen-bond acceptors (Lipinski definition) is 6. The molecule has 0 radical (unpaired) electrons. The van der Waals surface area contributed by atoms with Crippen LogP contribution in [0.25, 0.3) is 11.0 Å². The zero-order chi connectivity index (χ0) is 20.3. The Morgan fingerprint density at radius 2 is 1.79 bits per heavy atom. The molecule has 1 saturated heterocycles. The Hall–Kier alpha value is -1.60. The van der Waals surface area contributed by atoms with Crippen molar-refractivity contribution in [3.05, 3.63) is 24.6 Å². The smallest absolute Gasteiger partial charge is 0.150 e. The van der Waals surface area contributed by atoms with Gasteiger partial charge in [0.05, 0.1) is 17.4 Å². The fourth-order valence-electron chi connectivity index (χ4n) is 4.84. The van der Waals surface area contributed by atoms with Gasteiger partial charge in [-0.2, -0.15) is 0 Å². The van der Waals surface area contributed by atoms with Gasteiger partial charge in [0.15, 0.2) is 0 Å². The third-order valence-electron chi connectivity index (χ3n) is 6.78. The van der Waals surface area contributed by atoms with Crippen LogP contribution in [0, 0.1) is 11.8 Å². The molecule has 0 unspecified atom stereocenters. The number of rotatable bonds is 7.